The molecule has 0 amide bonds. The number of nitrogens with one attached hydrogen (secondary N) is 2. The van der Waals surface area contributed by atoms with Gasteiger partial charge in [-0.3, -0.25) is 15.6 Å². The number of hydrogen-bond acceptors (Lipinski definition) is 3. The number of rotatable bonds is 3. The highest BCUT2D eigenvalue weighted by molar-refractivity contribution is 5.84. The first kappa shape index (κ1) is 11.7. The van der Waals surface area contributed by atoms with E-state index in [2.05, 4.69) is 29.9 Å². The van der Waals surface area contributed by atoms with E-state index < -0.39 is 11.4 Å². The molecule has 0 aromatic heterocycles. The molecule has 1 aromatic rings. The van der Waals surface area contributed by atoms with Crippen molar-refractivity contribution >= 4 is 5.97 Å². The zero-order valence-electron chi connectivity index (χ0n) is 10.4. The first-order valence-electron chi connectivity index (χ1n) is 6.46. The zero-order valence-corrected chi connectivity index (χ0v) is 10.4. The van der Waals surface area contributed by atoms with Crippen LogP contribution in [0.1, 0.15) is 36.8 Å². The Hall–Kier alpha value is -1.39. The molecule has 3 N–H and O–H groups in total. The number of benzene rings is 1. The van der Waals surface area contributed by atoms with Crippen molar-refractivity contribution in [2.75, 3.05) is 6.54 Å². The minimum absolute atomic E-state index is 0.408. The number of carbonyl (C=O) groups is 1. The maximum Gasteiger partial charge on any atom is 0.314 e. The van der Waals surface area contributed by atoms with Crippen LogP contribution in [0.3, 0.4) is 0 Å². The molecule has 1 aromatic carbocycles. The van der Waals surface area contributed by atoms with Crippen molar-refractivity contribution in [2.24, 2.45) is 0 Å². The van der Waals surface area contributed by atoms with Crippen molar-refractivity contribution in [3.05, 3.63) is 35.4 Å². The van der Waals surface area contributed by atoms with Gasteiger partial charge in [-0.25, -0.2) is 0 Å². The Kier molecular flexibility index (Phi) is 2.64. The first-order valence-corrected chi connectivity index (χ1v) is 6.46. The first-order chi connectivity index (χ1) is 8.63. The number of hydrogen-bond donors (Lipinski definition) is 3. The van der Waals surface area contributed by atoms with Crippen molar-refractivity contribution < 1.29 is 9.90 Å². The molecule has 1 saturated heterocycles. The topological polar surface area (TPSA) is 61.4 Å². The van der Waals surface area contributed by atoms with E-state index in [1.54, 1.807) is 0 Å². The van der Waals surface area contributed by atoms with E-state index in [1.165, 1.54) is 5.56 Å². The van der Waals surface area contributed by atoms with Gasteiger partial charge in [0.2, 0.25) is 0 Å². The van der Waals surface area contributed by atoms with Crippen LogP contribution in [0.25, 0.3) is 0 Å². The summed E-state index contributed by atoms with van der Waals surface area (Å²) in [5.41, 5.74) is 7.98. The molecule has 1 saturated carbocycles. The van der Waals surface area contributed by atoms with Gasteiger partial charge in [-0.1, -0.05) is 24.3 Å². The Bertz CT molecular complexity index is 465. The van der Waals surface area contributed by atoms with Gasteiger partial charge in [0.05, 0.1) is 5.41 Å². The SMILES string of the molecule is CC1NNCC1c1ccc(C2(C(=O)O)CC2)cc1. The van der Waals surface area contributed by atoms with E-state index in [4.69, 9.17) is 0 Å². The highest BCUT2D eigenvalue weighted by Crippen LogP contribution is 2.48. The van der Waals surface area contributed by atoms with Gasteiger partial charge in [-0.05, 0) is 30.9 Å². The van der Waals surface area contributed by atoms with Gasteiger partial charge < -0.3 is 5.11 Å². The molecular weight excluding hydrogens is 228 g/mol. The Morgan fingerprint density at radius 1 is 1.33 bits per heavy atom. The largest absolute Gasteiger partial charge is 0.481 e. The summed E-state index contributed by atoms with van der Waals surface area (Å²) in [6.45, 7) is 3.07. The van der Waals surface area contributed by atoms with Crippen LogP contribution >= 0.6 is 0 Å². The normalized spacial score (nSPS) is 29.2. The molecule has 0 radical (unpaired) electrons. The van der Waals surface area contributed by atoms with Gasteiger partial charge in [-0.15, -0.1) is 0 Å². The molecule has 1 aliphatic heterocycles. The second-order valence-electron chi connectivity index (χ2n) is 5.43. The Morgan fingerprint density at radius 3 is 2.44 bits per heavy atom. The van der Waals surface area contributed by atoms with Crippen molar-refractivity contribution in [2.45, 2.75) is 37.1 Å². The average Bonchev–Trinajstić information content (AvgIpc) is 3.08. The summed E-state index contributed by atoms with van der Waals surface area (Å²) < 4.78 is 0. The number of carboxylic acid groups (broad SMARTS) is 1. The fourth-order valence-electron chi connectivity index (χ4n) is 2.81. The minimum atomic E-state index is -0.687. The van der Waals surface area contributed by atoms with Gasteiger partial charge in [0.1, 0.15) is 0 Å². The van der Waals surface area contributed by atoms with Gasteiger partial charge in [0.25, 0.3) is 0 Å². The van der Waals surface area contributed by atoms with Crippen molar-refractivity contribution in [1.82, 2.24) is 10.9 Å². The van der Waals surface area contributed by atoms with Crippen LogP contribution in [0.5, 0.6) is 0 Å². The van der Waals surface area contributed by atoms with E-state index >= 15 is 0 Å². The van der Waals surface area contributed by atoms with E-state index in [9.17, 15) is 9.90 Å². The van der Waals surface area contributed by atoms with Crippen LogP contribution in [0.15, 0.2) is 24.3 Å². The fraction of sp³-hybridized carbons (Fsp3) is 0.500. The van der Waals surface area contributed by atoms with E-state index in [-0.39, 0.29) is 0 Å². The molecule has 2 unspecified atom stereocenters. The summed E-state index contributed by atoms with van der Waals surface area (Å²) in [5.74, 6) is -0.230. The van der Waals surface area contributed by atoms with Crippen LogP contribution in [-0.4, -0.2) is 23.7 Å². The average molecular weight is 246 g/mol. The van der Waals surface area contributed by atoms with Crippen LogP contribution in [0, 0.1) is 0 Å². The monoisotopic (exact) mass is 246 g/mol. The van der Waals surface area contributed by atoms with E-state index in [1.807, 2.05) is 12.1 Å². The maximum absolute atomic E-state index is 11.3. The minimum Gasteiger partial charge on any atom is -0.481 e. The fourth-order valence-corrected chi connectivity index (χ4v) is 2.81. The molecule has 0 spiro atoms. The Labute approximate surface area is 106 Å². The summed E-state index contributed by atoms with van der Waals surface area (Å²) in [4.78, 5) is 11.3. The lowest BCUT2D eigenvalue weighted by Gasteiger charge is -2.16. The lowest BCUT2D eigenvalue weighted by Crippen LogP contribution is -2.28. The Morgan fingerprint density at radius 2 is 2.00 bits per heavy atom. The summed E-state index contributed by atoms with van der Waals surface area (Å²) in [6, 6.07) is 8.54. The summed E-state index contributed by atoms with van der Waals surface area (Å²) >= 11 is 0. The molecule has 1 heterocycles. The van der Waals surface area contributed by atoms with Crippen molar-refractivity contribution in [3.8, 4) is 0 Å². The second-order valence-corrected chi connectivity index (χ2v) is 5.43. The molecule has 2 aliphatic rings. The lowest BCUT2D eigenvalue weighted by atomic mass is 9.90. The van der Waals surface area contributed by atoms with Gasteiger partial charge in [0, 0.05) is 18.5 Å². The predicted molar refractivity (Wildman–Crippen MR) is 68.3 cm³/mol. The standard InChI is InChI=1S/C14H18N2O2/c1-9-12(8-15-16-9)10-2-4-11(5-3-10)14(6-7-14)13(17)18/h2-5,9,12,15-16H,6-8H2,1H3,(H,17,18). The maximum atomic E-state index is 11.3. The molecule has 2 atom stereocenters. The predicted octanol–water partition coefficient (Wildman–Crippen LogP) is 1.38. The summed E-state index contributed by atoms with van der Waals surface area (Å²) in [7, 11) is 0. The highest BCUT2D eigenvalue weighted by Gasteiger charge is 2.51. The zero-order chi connectivity index (χ0) is 12.8. The van der Waals surface area contributed by atoms with Gasteiger partial charge in [-0.2, -0.15) is 0 Å². The third-order valence-corrected chi connectivity index (χ3v) is 4.31. The van der Waals surface area contributed by atoms with E-state index in [0.717, 1.165) is 24.9 Å². The third kappa shape index (κ3) is 1.72. The van der Waals surface area contributed by atoms with Crippen LogP contribution in [0.4, 0.5) is 0 Å². The molecule has 3 rings (SSSR count). The second kappa shape index (κ2) is 4.07. The molecule has 1 aliphatic carbocycles. The Balaban J connectivity index is 1.83. The molecule has 0 bridgehead atoms. The quantitative estimate of drug-likeness (QED) is 0.754. The molecule has 18 heavy (non-hydrogen) atoms. The van der Waals surface area contributed by atoms with Gasteiger partial charge >= 0.3 is 5.97 Å². The summed E-state index contributed by atoms with van der Waals surface area (Å²) in [6.07, 6.45) is 1.54. The molecule has 96 valence electrons. The number of carboxylic acids is 1. The third-order valence-electron chi connectivity index (χ3n) is 4.31. The molecule has 4 heteroatoms. The molecular formula is C14H18N2O2. The van der Waals surface area contributed by atoms with Gasteiger partial charge in [0.15, 0.2) is 0 Å². The molecule has 4 nitrogen and oxygen atoms in total. The smallest absolute Gasteiger partial charge is 0.314 e. The lowest BCUT2D eigenvalue weighted by molar-refractivity contribution is -0.140. The van der Waals surface area contributed by atoms with E-state index in [0.29, 0.717) is 12.0 Å². The van der Waals surface area contributed by atoms with Crippen molar-refractivity contribution in [1.29, 1.82) is 0 Å². The summed E-state index contributed by atoms with van der Waals surface area (Å²) in [5, 5.41) is 9.26. The van der Waals surface area contributed by atoms with Crippen LogP contribution in [0.2, 0.25) is 0 Å². The van der Waals surface area contributed by atoms with Crippen LogP contribution < -0.4 is 10.9 Å². The van der Waals surface area contributed by atoms with Crippen LogP contribution in [-0.2, 0) is 10.2 Å². The number of aliphatic carboxylic acids is 1. The molecule has 2 fully saturated rings. The van der Waals surface area contributed by atoms with Crippen molar-refractivity contribution in [3.63, 3.8) is 0 Å². The highest BCUT2D eigenvalue weighted by atomic mass is 16.4. The number of hydrazine groups is 1.